The van der Waals surface area contributed by atoms with Crippen molar-refractivity contribution in [3.05, 3.63) is 0 Å². The Labute approximate surface area is 79.3 Å². The van der Waals surface area contributed by atoms with Crippen molar-refractivity contribution in [3.8, 4) is 0 Å². The smallest absolute Gasteiger partial charge is 0.284 e. The monoisotopic (exact) mass is 224 g/mol. The highest BCUT2D eigenvalue weighted by Gasteiger charge is 2.12. The molecule has 1 aromatic heterocycles. The van der Waals surface area contributed by atoms with E-state index in [0.29, 0.717) is 5.16 Å². The standard InChI is InChI=1S/C4H8N4O3S2/c1-2-12-4-5-6-7-8(4)3-13(9,10)11/h2-3H2,1H3,(H,9,10,11). The summed E-state index contributed by atoms with van der Waals surface area (Å²) in [5, 5.41) is 10.7. The largest absolute Gasteiger partial charge is 0.285 e. The van der Waals surface area contributed by atoms with Crippen molar-refractivity contribution in [1.29, 1.82) is 0 Å². The summed E-state index contributed by atoms with van der Waals surface area (Å²) < 4.78 is 30.5. The molecule has 1 heterocycles. The zero-order valence-corrected chi connectivity index (χ0v) is 8.42. The zero-order valence-electron chi connectivity index (χ0n) is 6.78. The van der Waals surface area contributed by atoms with Crippen LogP contribution in [-0.4, -0.2) is 38.9 Å². The molecule has 1 aromatic rings. The first kappa shape index (κ1) is 10.4. The van der Waals surface area contributed by atoms with Crippen LogP contribution in [0.5, 0.6) is 0 Å². The van der Waals surface area contributed by atoms with E-state index in [4.69, 9.17) is 4.55 Å². The van der Waals surface area contributed by atoms with Gasteiger partial charge in [-0.2, -0.15) is 8.42 Å². The molecular weight excluding hydrogens is 216 g/mol. The van der Waals surface area contributed by atoms with Gasteiger partial charge in [0.1, 0.15) is 0 Å². The van der Waals surface area contributed by atoms with Gasteiger partial charge in [-0.3, -0.25) is 4.55 Å². The highest BCUT2D eigenvalue weighted by molar-refractivity contribution is 7.99. The summed E-state index contributed by atoms with van der Waals surface area (Å²) in [5.74, 6) is 0.119. The summed E-state index contributed by atoms with van der Waals surface area (Å²) in [7, 11) is -4.08. The molecule has 0 spiro atoms. The quantitative estimate of drug-likeness (QED) is 0.550. The van der Waals surface area contributed by atoms with Crippen molar-refractivity contribution in [2.75, 3.05) is 5.75 Å². The molecule has 0 aromatic carbocycles. The van der Waals surface area contributed by atoms with Crippen molar-refractivity contribution < 1.29 is 13.0 Å². The molecule has 0 aliphatic rings. The third-order valence-corrected chi connectivity index (χ3v) is 2.47. The van der Waals surface area contributed by atoms with Crippen LogP contribution in [-0.2, 0) is 16.0 Å². The van der Waals surface area contributed by atoms with Gasteiger partial charge in [-0.15, -0.1) is 5.10 Å². The van der Waals surface area contributed by atoms with Gasteiger partial charge in [0.2, 0.25) is 5.16 Å². The van der Waals surface area contributed by atoms with Crippen LogP contribution in [0.4, 0.5) is 0 Å². The van der Waals surface area contributed by atoms with Crippen LogP contribution in [0.2, 0.25) is 0 Å². The van der Waals surface area contributed by atoms with Crippen LogP contribution < -0.4 is 0 Å². The van der Waals surface area contributed by atoms with Crippen LogP contribution in [0.15, 0.2) is 5.16 Å². The normalized spacial score (nSPS) is 11.8. The number of rotatable bonds is 4. The zero-order chi connectivity index (χ0) is 9.90. The van der Waals surface area contributed by atoms with Gasteiger partial charge < -0.3 is 0 Å². The first-order valence-corrected chi connectivity index (χ1v) is 5.96. The number of nitrogens with zero attached hydrogens (tertiary/aromatic N) is 4. The molecule has 1 rings (SSSR count). The molecule has 0 saturated carbocycles. The fourth-order valence-electron chi connectivity index (χ4n) is 0.664. The second-order valence-corrected chi connectivity index (χ2v) is 4.76. The Morgan fingerprint density at radius 1 is 1.62 bits per heavy atom. The van der Waals surface area contributed by atoms with Crippen molar-refractivity contribution in [3.63, 3.8) is 0 Å². The molecule has 0 aliphatic carbocycles. The SMILES string of the molecule is CCSc1nnnn1CS(=O)(=O)O. The van der Waals surface area contributed by atoms with E-state index in [0.717, 1.165) is 10.4 Å². The maximum absolute atomic E-state index is 10.5. The first-order chi connectivity index (χ1) is 6.03. The molecule has 0 atom stereocenters. The highest BCUT2D eigenvalue weighted by atomic mass is 32.2. The van der Waals surface area contributed by atoms with Crippen molar-refractivity contribution >= 4 is 21.9 Å². The number of thioether (sulfide) groups is 1. The van der Waals surface area contributed by atoms with Crippen LogP contribution >= 0.6 is 11.8 Å². The minimum Gasteiger partial charge on any atom is -0.284 e. The van der Waals surface area contributed by atoms with E-state index in [9.17, 15) is 8.42 Å². The fourth-order valence-corrected chi connectivity index (χ4v) is 1.83. The van der Waals surface area contributed by atoms with Crippen molar-refractivity contribution in [2.45, 2.75) is 18.0 Å². The molecule has 0 aliphatic heterocycles. The van der Waals surface area contributed by atoms with Gasteiger partial charge in [0.05, 0.1) is 0 Å². The minimum absolute atomic E-state index is 0.375. The molecule has 9 heteroatoms. The van der Waals surface area contributed by atoms with E-state index >= 15 is 0 Å². The van der Waals surface area contributed by atoms with E-state index in [1.165, 1.54) is 11.8 Å². The van der Waals surface area contributed by atoms with E-state index < -0.39 is 16.0 Å². The van der Waals surface area contributed by atoms with Gasteiger partial charge in [0.25, 0.3) is 10.1 Å². The summed E-state index contributed by atoms with van der Waals surface area (Å²) in [6.07, 6.45) is 0. The Hall–Kier alpha value is -0.670. The molecule has 74 valence electrons. The summed E-state index contributed by atoms with van der Waals surface area (Å²) in [6, 6.07) is 0. The Kier molecular flexibility index (Phi) is 3.22. The van der Waals surface area contributed by atoms with Gasteiger partial charge >= 0.3 is 0 Å². The average Bonchev–Trinajstić information content (AvgIpc) is 2.34. The second kappa shape index (κ2) is 4.03. The number of aromatic nitrogens is 4. The van der Waals surface area contributed by atoms with Crippen LogP contribution in [0.3, 0.4) is 0 Å². The summed E-state index contributed by atoms with van der Waals surface area (Å²) in [4.78, 5) is 0. The van der Waals surface area contributed by atoms with Crippen LogP contribution in [0.25, 0.3) is 0 Å². The average molecular weight is 224 g/mol. The van der Waals surface area contributed by atoms with Crippen LogP contribution in [0.1, 0.15) is 6.92 Å². The van der Waals surface area contributed by atoms with Crippen LogP contribution in [0, 0.1) is 0 Å². The predicted molar refractivity (Wildman–Crippen MR) is 45.8 cm³/mol. The van der Waals surface area contributed by atoms with Gasteiger partial charge in [-0.1, -0.05) is 18.7 Å². The lowest BCUT2D eigenvalue weighted by Gasteiger charge is -1.99. The topological polar surface area (TPSA) is 98.0 Å². The van der Waals surface area contributed by atoms with E-state index in [1.54, 1.807) is 0 Å². The molecule has 1 N–H and O–H groups in total. The molecule has 7 nitrogen and oxygen atoms in total. The van der Waals surface area contributed by atoms with E-state index in [1.807, 2.05) is 6.92 Å². The van der Waals surface area contributed by atoms with E-state index in [-0.39, 0.29) is 0 Å². The predicted octanol–water partition coefficient (Wildman–Crippen LogP) is -0.370. The van der Waals surface area contributed by atoms with Crippen molar-refractivity contribution in [1.82, 2.24) is 20.2 Å². The van der Waals surface area contributed by atoms with Gasteiger partial charge in [0.15, 0.2) is 5.88 Å². The Balaban J connectivity index is 2.82. The second-order valence-electron chi connectivity index (χ2n) is 2.11. The lowest BCUT2D eigenvalue weighted by Crippen LogP contribution is -2.12. The molecule has 0 saturated heterocycles. The third-order valence-electron chi connectivity index (χ3n) is 1.06. The van der Waals surface area contributed by atoms with Gasteiger partial charge in [0, 0.05) is 0 Å². The Morgan fingerprint density at radius 2 is 2.31 bits per heavy atom. The number of tetrazole rings is 1. The third kappa shape index (κ3) is 3.28. The molecule has 0 radical (unpaired) electrons. The first-order valence-electron chi connectivity index (χ1n) is 3.37. The Bertz CT molecular complexity index is 372. The molecule has 0 fully saturated rings. The maximum atomic E-state index is 10.5. The fraction of sp³-hybridized carbons (Fsp3) is 0.750. The Morgan fingerprint density at radius 3 is 2.85 bits per heavy atom. The number of hydrogen-bond acceptors (Lipinski definition) is 6. The lowest BCUT2D eigenvalue weighted by atomic mass is 11.0. The van der Waals surface area contributed by atoms with Gasteiger partial charge in [-0.05, 0) is 16.2 Å². The molecule has 0 unspecified atom stereocenters. The molecular formula is C4H8N4O3S2. The summed E-state index contributed by atoms with van der Waals surface area (Å²) >= 11 is 1.30. The van der Waals surface area contributed by atoms with E-state index in [2.05, 4.69) is 15.5 Å². The molecule has 13 heavy (non-hydrogen) atoms. The molecule has 0 bridgehead atoms. The number of hydrogen-bond donors (Lipinski definition) is 1. The van der Waals surface area contributed by atoms with Gasteiger partial charge in [-0.25, -0.2) is 4.68 Å². The van der Waals surface area contributed by atoms with Crippen molar-refractivity contribution in [2.24, 2.45) is 0 Å². The molecule has 0 amide bonds. The lowest BCUT2D eigenvalue weighted by molar-refractivity contribution is 0.459. The maximum Gasteiger partial charge on any atom is 0.285 e. The minimum atomic E-state index is -4.08. The summed E-state index contributed by atoms with van der Waals surface area (Å²) in [5.41, 5.74) is 0. The highest BCUT2D eigenvalue weighted by Crippen LogP contribution is 2.12. The summed E-state index contributed by atoms with van der Waals surface area (Å²) in [6.45, 7) is 1.89.